The van der Waals surface area contributed by atoms with E-state index in [2.05, 4.69) is 15.4 Å². The number of aromatic nitrogens is 3. The Labute approximate surface area is 115 Å². The largest absolute Gasteiger partial charge is 0.338 e. The van der Waals surface area contributed by atoms with Gasteiger partial charge in [0, 0.05) is 32.1 Å². The number of nitrogens with zero attached hydrogens (tertiary/aromatic N) is 3. The second-order valence-corrected chi connectivity index (χ2v) is 4.74. The van der Waals surface area contributed by atoms with E-state index in [1.165, 1.54) is 0 Å². The highest BCUT2D eigenvalue weighted by atomic mass is 35.5. The van der Waals surface area contributed by atoms with Crippen LogP contribution in [0.1, 0.15) is 17.6 Å². The topological polar surface area (TPSA) is 68.8 Å². The fourth-order valence-corrected chi connectivity index (χ4v) is 2.20. The Balaban J connectivity index is 2.26. The summed E-state index contributed by atoms with van der Waals surface area (Å²) in [4.78, 5) is 8.46. The standard InChI is InChI=1S/C11H13Cl2N5/c1-18-3-2-15-10(18)5-9(17-14)11-8(13)4-7(12)6-16-11/h2-4,6,9,17H,5,14H2,1H3. The number of rotatable bonds is 4. The molecule has 0 bridgehead atoms. The normalized spacial score (nSPS) is 12.7. The second kappa shape index (κ2) is 5.67. The summed E-state index contributed by atoms with van der Waals surface area (Å²) in [6, 6.07) is 1.43. The van der Waals surface area contributed by atoms with Gasteiger partial charge in [-0.05, 0) is 6.07 Å². The Bertz CT molecular complexity index is 540. The Hall–Kier alpha value is -1.14. The molecule has 2 aromatic rings. The van der Waals surface area contributed by atoms with E-state index in [0.717, 1.165) is 5.82 Å². The SMILES string of the molecule is Cn1ccnc1CC(NN)c1ncc(Cl)cc1Cl. The number of aryl methyl sites for hydroxylation is 1. The molecule has 0 saturated carbocycles. The molecule has 0 saturated heterocycles. The lowest BCUT2D eigenvalue weighted by molar-refractivity contribution is 0.518. The van der Waals surface area contributed by atoms with Crippen molar-refractivity contribution in [1.29, 1.82) is 0 Å². The number of hydrogen-bond donors (Lipinski definition) is 2. The van der Waals surface area contributed by atoms with Crippen LogP contribution < -0.4 is 11.3 Å². The molecular weight excluding hydrogens is 273 g/mol. The van der Waals surface area contributed by atoms with E-state index in [9.17, 15) is 0 Å². The minimum Gasteiger partial charge on any atom is -0.338 e. The molecule has 0 aromatic carbocycles. The van der Waals surface area contributed by atoms with Gasteiger partial charge in [-0.15, -0.1) is 0 Å². The summed E-state index contributed by atoms with van der Waals surface area (Å²) in [6.07, 6.45) is 5.75. The van der Waals surface area contributed by atoms with Crippen LogP contribution in [0.2, 0.25) is 10.0 Å². The number of hydrogen-bond acceptors (Lipinski definition) is 4. The highest BCUT2D eigenvalue weighted by molar-refractivity contribution is 6.34. The zero-order valence-corrected chi connectivity index (χ0v) is 11.3. The van der Waals surface area contributed by atoms with Gasteiger partial charge in [0.2, 0.25) is 0 Å². The van der Waals surface area contributed by atoms with Crippen LogP contribution in [-0.2, 0) is 13.5 Å². The molecule has 1 atom stereocenters. The van der Waals surface area contributed by atoms with Gasteiger partial charge in [0.1, 0.15) is 5.82 Å². The van der Waals surface area contributed by atoms with Gasteiger partial charge >= 0.3 is 0 Å². The Kier molecular flexibility index (Phi) is 4.19. The molecule has 2 heterocycles. The van der Waals surface area contributed by atoms with E-state index in [0.29, 0.717) is 22.2 Å². The maximum atomic E-state index is 6.11. The average molecular weight is 286 g/mol. The quantitative estimate of drug-likeness (QED) is 0.665. The van der Waals surface area contributed by atoms with Gasteiger partial charge in [-0.1, -0.05) is 23.2 Å². The fourth-order valence-electron chi connectivity index (χ4n) is 1.69. The molecular formula is C11H13Cl2N5. The van der Waals surface area contributed by atoms with E-state index in [1.807, 2.05) is 17.8 Å². The van der Waals surface area contributed by atoms with Crippen LogP contribution in [0.25, 0.3) is 0 Å². The van der Waals surface area contributed by atoms with E-state index in [-0.39, 0.29) is 6.04 Å². The zero-order chi connectivity index (χ0) is 13.1. The van der Waals surface area contributed by atoms with Gasteiger partial charge < -0.3 is 4.57 Å². The van der Waals surface area contributed by atoms with Crippen LogP contribution in [-0.4, -0.2) is 14.5 Å². The molecule has 0 aliphatic carbocycles. The molecule has 0 radical (unpaired) electrons. The lowest BCUT2D eigenvalue weighted by Gasteiger charge is -2.16. The minimum absolute atomic E-state index is 0.212. The molecule has 5 nitrogen and oxygen atoms in total. The Morgan fingerprint density at radius 2 is 2.22 bits per heavy atom. The third-order valence-corrected chi connectivity index (χ3v) is 3.18. The molecule has 96 valence electrons. The van der Waals surface area contributed by atoms with Gasteiger partial charge in [-0.25, -0.2) is 4.98 Å². The highest BCUT2D eigenvalue weighted by Crippen LogP contribution is 2.25. The van der Waals surface area contributed by atoms with Crippen LogP contribution in [0.15, 0.2) is 24.7 Å². The van der Waals surface area contributed by atoms with Gasteiger partial charge in [-0.3, -0.25) is 16.3 Å². The average Bonchev–Trinajstić information content (AvgIpc) is 2.73. The molecule has 0 aliphatic rings. The Morgan fingerprint density at radius 1 is 1.44 bits per heavy atom. The summed E-state index contributed by atoms with van der Waals surface area (Å²) in [7, 11) is 1.92. The molecule has 0 amide bonds. The first kappa shape index (κ1) is 13.3. The summed E-state index contributed by atoms with van der Waals surface area (Å²) < 4.78 is 1.92. The zero-order valence-electron chi connectivity index (χ0n) is 9.77. The number of nitrogens with one attached hydrogen (secondary N) is 1. The smallest absolute Gasteiger partial charge is 0.110 e. The second-order valence-electron chi connectivity index (χ2n) is 3.90. The van der Waals surface area contributed by atoms with Crippen molar-refractivity contribution < 1.29 is 0 Å². The van der Waals surface area contributed by atoms with Crippen molar-refractivity contribution >= 4 is 23.2 Å². The van der Waals surface area contributed by atoms with Crippen molar-refractivity contribution in [2.45, 2.75) is 12.5 Å². The molecule has 2 rings (SSSR count). The van der Waals surface area contributed by atoms with Gasteiger partial charge in [0.15, 0.2) is 0 Å². The monoisotopic (exact) mass is 285 g/mol. The predicted molar refractivity (Wildman–Crippen MR) is 71.2 cm³/mol. The fraction of sp³-hybridized carbons (Fsp3) is 0.273. The number of halogens is 2. The van der Waals surface area contributed by atoms with Crippen molar-refractivity contribution in [3.05, 3.63) is 46.2 Å². The highest BCUT2D eigenvalue weighted by Gasteiger charge is 2.17. The predicted octanol–water partition coefficient (Wildman–Crippen LogP) is 1.87. The first-order valence-corrected chi connectivity index (χ1v) is 6.10. The van der Waals surface area contributed by atoms with Crippen molar-refractivity contribution in [2.24, 2.45) is 12.9 Å². The number of pyridine rings is 1. The van der Waals surface area contributed by atoms with Gasteiger partial charge in [0.05, 0.1) is 21.8 Å². The summed E-state index contributed by atoms with van der Waals surface area (Å²) in [5, 5.41) is 0.983. The van der Waals surface area contributed by atoms with Crippen molar-refractivity contribution in [3.8, 4) is 0 Å². The molecule has 0 aliphatic heterocycles. The van der Waals surface area contributed by atoms with Gasteiger partial charge in [0.25, 0.3) is 0 Å². The van der Waals surface area contributed by atoms with Crippen LogP contribution in [0.3, 0.4) is 0 Å². The molecule has 0 spiro atoms. The van der Waals surface area contributed by atoms with Crippen LogP contribution >= 0.6 is 23.2 Å². The number of nitrogens with two attached hydrogens (primary N) is 1. The van der Waals surface area contributed by atoms with E-state index in [4.69, 9.17) is 29.0 Å². The number of imidazole rings is 1. The maximum Gasteiger partial charge on any atom is 0.110 e. The van der Waals surface area contributed by atoms with Gasteiger partial charge in [-0.2, -0.15) is 0 Å². The third-order valence-electron chi connectivity index (χ3n) is 2.68. The van der Waals surface area contributed by atoms with E-state index >= 15 is 0 Å². The maximum absolute atomic E-state index is 6.11. The summed E-state index contributed by atoms with van der Waals surface area (Å²) in [5.74, 6) is 6.45. The van der Waals surface area contributed by atoms with E-state index < -0.39 is 0 Å². The molecule has 18 heavy (non-hydrogen) atoms. The first-order valence-electron chi connectivity index (χ1n) is 5.35. The molecule has 7 heteroatoms. The molecule has 0 fully saturated rings. The molecule has 3 N–H and O–H groups in total. The van der Waals surface area contributed by atoms with Crippen LogP contribution in [0, 0.1) is 0 Å². The van der Waals surface area contributed by atoms with Crippen molar-refractivity contribution in [2.75, 3.05) is 0 Å². The molecule has 2 aromatic heterocycles. The first-order chi connectivity index (χ1) is 8.61. The summed E-state index contributed by atoms with van der Waals surface area (Å²) >= 11 is 11.9. The van der Waals surface area contributed by atoms with Crippen LogP contribution in [0.4, 0.5) is 0 Å². The van der Waals surface area contributed by atoms with E-state index in [1.54, 1.807) is 18.5 Å². The molecule has 1 unspecified atom stereocenters. The lowest BCUT2D eigenvalue weighted by Crippen LogP contribution is -2.31. The summed E-state index contributed by atoms with van der Waals surface area (Å²) in [5.41, 5.74) is 3.36. The third kappa shape index (κ3) is 2.81. The number of hydrazine groups is 1. The van der Waals surface area contributed by atoms with Crippen molar-refractivity contribution in [1.82, 2.24) is 20.0 Å². The lowest BCUT2D eigenvalue weighted by atomic mass is 10.1. The Morgan fingerprint density at radius 3 is 2.78 bits per heavy atom. The van der Waals surface area contributed by atoms with Crippen molar-refractivity contribution in [3.63, 3.8) is 0 Å². The minimum atomic E-state index is -0.212. The van der Waals surface area contributed by atoms with Crippen LogP contribution in [0.5, 0.6) is 0 Å². The summed E-state index contributed by atoms with van der Waals surface area (Å²) in [6.45, 7) is 0.